The SMILES string of the molecule is CC(C)Cc1ccc(CCCF)s1. The van der Waals surface area contributed by atoms with Gasteiger partial charge < -0.3 is 0 Å². The zero-order chi connectivity index (χ0) is 9.68. The molecule has 0 bridgehead atoms. The Bertz CT molecular complexity index is 240. The van der Waals surface area contributed by atoms with Crippen molar-refractivity contribution in [3.05, 3.63) is 21.9 Å². The second kappa shape index (κ2) is 5.38. The van der Waals surface area contributed by atoms with E-state index in [1.165, 1.54) is 9.75 Å². The Kier molecular flexibility index (Phi) is 4.43. The maximum absolute atomic E-state index is 11.9. The van der Waals surface area contributed by atoms with Gasteiger partial charge in [-0.2, -0.15) is 0 Å². The molecule has 74 valence electrons. The fourth-order valence-electron chi connectivity index (χ4n) is 1.31. The van der Waals surface area contributed by atoms with Crippen LogP contribution in [0.15, 0.2) is 12.1 Å². The molecule has 0 saturated heterocycles. The Morgan fingerprint density at radius 1 is 1.31 bits per heavy atom. The molecule has 0 aliphatic carbocycles. The number of thiophene rings is 1. The second-order valence-electron chi connectivity index (χ2n) is 3.76. The summed E-state index contributed by atoms with van der Waals surface area (Å²) < 4.78 is 11.9. The topological polar surface area (TPSA) is 0 Å². The van der Waals surface area contributed by atoms with Gasteiger partial charge in [0.05, 0.1) is 6.67 Å². The van der Waals surface area contributed by atoms with Crippen molar-refractivity contribution < 1.29 is 4.39 Å². The van der Waals surface area contributed by atoms with Gasteiger partial charge in [0.15, 0.2) is 0 Å². The van der Waals surface area contributed by atoms with E-state index >= 15 is 0 Å². The molecule has 0 saturated carbocycles. The molecule has 0 amide bonds. The lowest BCUT2D eigenvalue weighted by molar-refractivity contribution is 0.474. The third kappa shape index (κ3) is 3.90. The van der Waals surface area contributed by atoms with E-state index in [9.17, 15) is 4.39 Å². The molecule has 0 aliphatic heterocycles. The summed E-state index contributed by atoms with van der Waals surface area (Å²) in [6.45, 7) is 4.25. The molecule has 0 nitrogen and oxygen atoms in total. The van der Waals surface area contributed by atoms with Crippen molar-refractivity contribution in [2.24, 2.45) is 5.92 Å². The van der Waals surface area contributed by atoms with E-state index in [0.717, 1.165) is 12.8 Å². The summed E-state index contributed by atoms with van der Waals surface area (Å²) in [6, 6.07) is 4.32. The summed E-state index contributed by atoms with van der Waals surface area (Å²) >= 11 is 1.83. The van der Waals surface area contributed by atoms with E-state index in [4.69, 9.17) is 0 Å². The Balaban J connectivity index is 2.44. The first kappa shape index (κ1) is 10.7. The molecule has 0 aliphatic rings. The zero-order valence-corrected chi connectivity index (χ0v) is 9.16. The van der Waals surface area contributed by atoms with E-state index < -0.39 is 0 Å². The van der Waals surface area contributed by atoms with Gasteiger partial charge >= 0.3 is 0 Å². The van der Waals surface area contributed by atoms with E-state index in [1.54, 1.807) is 0 Å². The Morgan fingerprint density at radius 2 is 2.00 bits per heavy atom. The lowest BCUT2D eigenvalue weighted by Crippen LogP contribution is -1.89. The molecule has 13 heavy (non-hydrogen) atoms. The predicted molar refractivity (Wildman–Crippen MR) is 57.2 cm³/mol. The molecule has 1 aromatic rings. The first-order chi connectivity index (χ1) is 6.22. The van der Waals surface area contributed by atoms with Crippen molar-refractivity contribution in [1.29, 1.82) is 0 Å². The van der Waals surface area contributed by atoms with Crippen LogP contribution in [0.4, 0.5) is 4.39 Å². The van der Waals surface area contributed by atoms with Gasteiger partial charge in [-0.25, -0.2) is 0 Å². The van der Waals surface area contributed by atoms with Crippen LogP contribution in [0.2, 0.25) is 0 Å². The normalized spacial score (nSPS) is 11.1. The number of alkyl halides is 1. The van der Waals surface area contributed by atoms with Crippen LogP contribution < -0.4 is 0 Å². The third-order valence-corrected chi connectivity index (χ3v) is 3.05. The molecule has 0 aromatic carbocycles. The van der Waals surface area contributed by atoms with Crippen molar-refractivity contribution in [3.63, 3.8) is 0 Å². The number of hydrogen-bond donors (Lipinski definition) is 0. The zero-order valence-electron chi connectivity index (χ0n) is 8.35. The van der Waals surface area contributed by atoms with Crippen molar-refractivity contribution >= 4 is 11.3 Å². The lowest BCUT2D eigenvalue weighted by atomic mass is 10.1. The molecule has 0 unspecified atom stereocenters. The largest absolute Gasteiger partial charge is 0.251 e. The molecule has 2 heteroatoms. The molecule has 0 N–H and O–H groups in total. The molecular formula is C11H17FS. The average molecular weight is 200 g/mol. The standard InChI is InChI=1S/C11H17FS/c1-9(2)8-11-6-5-10(13-11)4-3-7-12/h5-6,9H,3-4,7-8H2,1-2H3. The molecule has 0 fully saturated rings. The van der Waals surface area contributed by atoms with Crippen molar-refractivity contribution in [2.45, 2.75) is 33.1 Å². The summed E-state index contributed by atoms with van der Waals surface area (Å²) in [4.78, 5) is 2.76. The van der Waals surface area contributed by atoms with Gasteiger partial charge in [-0.1, -0.05) is 13.8 Å². The maximum Gasteiger partial charge on any atom is 0.0897 e. The van der Waals surface area contributed by atoms with E-state index in [2.05, 4.69) is 26.0 Å². The Hall–Kier alpha value is -0.370. The van der Waals surface area contributed by atoms with Crippen LogP contribution in [-0.2, 0) is 12.8 Å². The first-order valence-electron chi connectivity index (χ1n) is 4.86. The van der Waals surface area contributed by atoms with Crippen LogP contribution in [-0.4, -0.2) is 6.67 Å². The van der Waals surface area contributed by atoms with Crippen LogP contribution in [0.3, 0.4) is 0 Å². The van der Waals surface area contributed by atoms with Crippen LogP contribution in [0.5, 0.6) is 0 Å². The third-order valence-electron chi connectivity index (χ3n) is 1.88. The molecule has 0 spiro atoms. The summed E-state index contributed by atoms with van der Waals surface area (Å²) in [5.74, 6) is 0.715. The Morgan fingerprint density at radius 3 is 2.62 bits per heavy atom. The van der Waals surface area contributed by atoms with Gasteiger partial charge in [0.25, 0.3) is 0 Å². The number of aryl methyl sites for hydroxylation is 1. The number of rotatable bonds is 5. The molecule has 0 atom stereocenters. The van der Waals surface area contributed by atoms with Crippen LogP contribution in [0, 0.1) is 5.92 Å². The number of hydrogen-bond acceptors (Lipinski definition) is 1. The molecule has 1 rings (SSSR count). The monoisotopic (exact) mass is 200 g/mol. The van der Waals surface area contributed by atoms with Gasteiger partial charge in [-0.15, -0.1) is 11.3 Å². The van der Waals surface area contributed by atoms with Crippen LogP contribution in [0.1, 0.15) is 30.0 Å². The van der Waals surface area contributed by atoms with E-state index in [-0.39, 0.29) is 6.67 Å². The molecule has 1 heterocycles. The first-order valence-corrected chi connectivity index (χ1v) is 5.67. The van der Waals surface area contributed by atoms with Crippen LogP contribution >= 0.6 is 11.3 Å². The minimum atomic E-state index is -0.197. The number of halogens is 1. The average Bonchev–Trinajstić information content (AvgIpc) is 2.48. The quantitative estimate of drug-likeness (QED) is 0.677. The summed E-state index contributed by atoms with van der Waals surface area (Å²) in [7, 11) is 0. The van der Waals surface area contributed by atoms with Gasteiger partial charge in [0.1, 0.15) is 0 Å². The summed E-state index contributed by atoms with van der Waals surface area (Å²) in [5.41, 5.74) is 0. The van der Waals surface area contributed by atoms with Crippen molar-refractivity contribution in [3.8, 4) is 0 Å². The highest BCUT2D eigenvalue weighted by atomic mass is 32.1. The summed E-state index contributed by atoms with van der Waals surface area (Å²) in [5, 5.41) is 0. The lowest BCUT2D eigenvalue weighted by Gasteiger charge is -1.99. The Labute approximate surface area is 83.8 Å². The highest BCUT2D eigenvalue weighted by molar-refractivity contribution is 7.11. The minimum Gasteiger partial charge on any atom is -0.251 e. The molecule has 0 radical (unpaired) electrons. The van der Waals surface area contributed by atoms with Gasteiger partial charge in [-0.05, 0) is 37.3 Å². The van der Waals surface area contributed by atoms with Crippen molar-refractivity contribution in [1.82, 2.24) is 0 Å². The fraction of sp³-hybridized carbons (Fsp3) is 0.636. The molecular weight excluding hydrogens is 183 g/mol. The smallest absolute Gasteiger partial charge is 0.0897 e. The molecule has 1 aromatic heterocycles. The highest BCUT2D eigenvalue weighted by Crippen LogP contribution is 2.20. The minimum absolute atomic E-state index is 0.197. The fourth-order valence-corrected chi connectivity index (χ4v) is 2.58. The van der Waals surface area contributed by atoms with Gasteiger partial charge in [0.2, 0.25) is 0 Å². The predicted octanol–water partition coefficient (Wildman–Crippen LogP) is 3.85. The maximum atomic E-state index is 11.9. The summed E-state index contributed by atoms with van der Waals surface area (Å²) in [6.07, 6.45) is 2.72. The van der Waals surface area contributed by atoms with E-state index in [0.29, 0.717) is 12.3 Å². The van der Waals surface area contributed by atoms with E-state index in [1.807, 2.05) is 11.3 Å². The van der Waals surface area contributed by atoms with Crippen LogP contribution in [0.25, 0.3) is 0 Å². The van der Waals surface area contributed by atoms with Crippen molar-refractivity contribution in [2.75, 3.05) is 6.67 Å². The van der Waals surface area contributed by atoms with Gasteiger partial charge in [0, 0.05) is 9.75 Å². The highest BCUT2D eigenvalue weighted by Gasteiger charge is 2.02. The van der Waals surface area contributed by atoms with Gasteiger partial charge in [-0.3, -0.25) is 4.39 Å². The second-order valence-corrected chi connectivity index (χ2v) is 5.01.